The van der Waals surface area contributed by atoms with Crippen molar-refractivity contribution >= 4 is 15.9 Å². The SMILES string of the molecule is CC(N[C@H](C)c1ccncc1)c1ccc(Br)cc1F. The zero-order valence-electron chi connectivity index (χ0n) is 10.9. The van der Waals surface area contributed by atoms with Gasteiger partial charge in [0.05, 0.1) is 0 Å². The number of rotatable bonds is 4. The molecule has 0 saturated carbocycles. The first kappa shape index (κ1) is 14.2. The molecular formula is C15H16BrFN2. The normalized spacial score (nSPS) is 14.1. The third kappa shape index (κ3) is 3.61. The smallest absolute Gasteiger partial charge is 0.129 e. The summed E-state index contributed by atoms with van der Waals surface area (Å²) in [5, 5.41) is 3.39. The van der Waals surface area contributed by atoms with Crippen molar-refractivity contribution in [1.29, 1.82) is 0 Å². The van der Waals surface area contributed by atoms with Gasteiger partial charge < -0.3 is 5.32 Å². The molecule has 1 unspecified atom stereocenters. The van der Waals surface area contributed by atoms with Crippen LogP contribution in [0.25, 0.3) is 0 Å². The number of halogens is 2. The molecule has 2 rings (SSSR count). The zero-order valence-corrected chi connectivity index (χ0v) is 12.5. The van der Waals surface area contributed by atoms with Gasteiger partial charge in [0.1, 0.15) is 5.82 Å². The van der Waals surface area contributed by atoms with Crippen LogP contribution in [0.15, 0.2) is 47.2 Å². The molecule has 0 aliphatic rings. The molecule has 0 saturated heterocycles. The molecule has 2 nitrogen and oxygen atoms in total. The summed E-state index contributed by atoms with van der Waals surface area (Å²) < 4.78 is 14.6. The average Bonchev–Trinajstić information content (AvgIpc) is 2.39. The maximum absolute atomic E-state index is 13.9. The molecule has 1 heterocycles. The van der Waals surface area contributed by atoms with E-state index in [9.17, 15) is 4.39 Å². The number of benzene rings is 1. The van der Waals surface area contributed by atoms with Gasteiger partial charge in [-0.3, -0.25) is 4.98 Å². The number of nitrogens with zero attached hydrogens (tertiary/aromatic N) is 1. The summed E-state index contributed by atoms with van der Waals surface area (Å²) in [4.78, 5) is 4.00. The van der Waals surface area contributed by atoms with Gasteiger partial charge in [0.15, 0.2) is 0 Å². The maximum atomic E-state index is 13.9. The standard InChI is InChI=1S/C15H16BrFN2/c1-10(12-5-7-18-8-6-12)19-11(2)14-4-3-13(16)9-15(14)17/h3-11,19H,1-2H3/t10-,11?/m1/s1. The van der Waals surface area contributed by atoms with Gasteiger partial charge in [-0.2, -0.15) is 0 Å². The van der Waals surface area contributed by atoms with Crippen LogP contribution in [0.5, 0.6) is 0 Å². The number of pyridine rings is 1. The van der Waals surface area contributed by atoms with E-state index in [1.54, 1.807) is 18.5 Å². The van der Waals surface area contributed by atoms with E-state index in [4.69, 9.17) is 0 Å². The summed E-state index contributed by atoms with van der Waals surface area (Å²) in [7, 11) is 0. The summed E-state index contributed by atoms with van der Waals surface area (Å²) in [6, 6.07) is 9.15. The highest BCUT2D eigenvalue weighted by Crippen LogP contribution is 2.23. The van der Waals surface area contributed by atoms with Crippen molar-refractivity contribution in [2.45, 2.75) is 25.9 Å². The van der Waals surface area contributed by atoms with Gasteiger partial charge in [-0.05, 0) is 43.7 Å². The molecule has 1 aromatic heterocycles. The highest BCUT2D eigenvalue weighted by atomic mass is 79.9. The Hall–Kier alpha value is -1.26. The number of hydrogen-bond acceptors (Lipinski definition) is 2. The maximum Gasteiger partial charge on any atom is 0.129 e. The fourth-order valence-corrected chi connectivity index (χ4v) is 2.40. The highest BCUT2D eigenvalue weighted by Gasteiger charge is 2.14. The van der Waals surface area contributed by atoms with Gasteiger partial charge >= 0.3 is 0 Å². The molecule has 0 bridgehead atoms. The van der Waals surface area contributed by atoms with Crippen molar-refractivity contribution in [1.82, 2.24) is 10.3 Å². The van der Waals surface area contributed by atoms with Gasteiger partial charge in [0, 0.05) is 34.5 Å². The van der Waals surface area contributed by atoms with Crippen molar-refractivity contribution in [2.75, 3.05) is 0 Å². The van der Waals surface area contributed by atoms with Crippen LogP contribution in [-0.2, 0) is 0 Å². The van der Waals surface area contributed by atoms with Crippen LogP contribution in [0.2, 0.25) is 0 Å². The minimum absolute atomic E-state index is 0.0590. The second-order valence-corrected chi connectivity index (χ2v) is 5.47. The third-order valence-corrected chi connectivity index (χ3v) is 3.63. The molecule has 100 valence electrons. The number of hydrogen-bond donors (Lipinski definition) is 1. The quantitative estimate of drug-likeness (QED) is 0.902. The number of nitrogens with one attached hydrogen (secondary N) is 1. The molecule has 19 heavy (non-hydrogen) atoms. The molecule has 1 aromatic carbocycles. The van der Waals surface area contributed by atoms with Crippen LogP contribution < -0.4 is 5.32 Å². The minimum atomic E-state index is -0.198. The molecule has 2 atom stereocenters. The molecule has 0 spiro atoms. The van der Waals surface area contributed by atoms with E-state index >= 15 is 0 Å². The monoisotopic (exact) mass is 322 g/mol. The molecule has 0 radical (unpaired) electrons. The van der Waals surface area contributed by atoms with E-state index in [1.807, 2.05) is 25.1 Å². The first-order valence-electron chi connectivity index (χ1n) is 6.19. The lowest BCUT2D eigenvalue weighted by molar-refractivity contribution is 0.473. The fourth-order valence-electron chi connectivity index (χ4n) is 2.07. The van der Waals surface area contributed by atoms with E-state index in [-0.39, 0.29) is 17.9 Å². The van der Waals surface area contributed by atoms with Crippen LogP contribution in [-0.4, -0.2) is 4.98 Å². The lowest BCUT2D eigenvalue weighted by Gasteiger charge is -2.21. The van der Waals surface area contributed by atoms with Crippen molar-refractivity contribution in [3.8, 4) is 0 Å². The van der Waals surface area contributed by atoms with Crippen molar-refractivity contribution < 1.29 is 4.39 Å². The Morgan fingerprint density at radius 1 is 1.11 bits per heavy atom. The Labute approximate surface area is 121 Å². The van der Waals surface area contributed by atoms with Crippen LogP contribution >= 0.6 is 15.9 Å². The van der Waals surface area contributed by atoms with Crippen molar-refractivity contribution in [3.05, 3.63) is 64.1 Å². The summed E-state index contributed by atoms with van der Waals surface area (Å²) >= 11 is 3.27. The summed E-state index contributed by atoms with van der Waals surface area (Å²) in [6.45, 7) is 4.02. The second kappa shape index (κ2) is 6.26. The lowest BCUT2D eigenvalue weighted by atomic mass is 10.0. The molecular weight excluding hydrogens is 307 g/mol. The van der Waals surface area contributed by atoms with Crippen LogP contribution in [0.3, 0.4) is 0 Å². The second-order valence-electron chi connectivity index (χ2n) is 4.56. The first-order chi connectivity index (χ1) is 9.08. The average molecular weight is 323 g/mol. The Bertz CT molecular complexity index is 545. The van der Waals surface area contributed by atoms with Gasteiger partial charge in [0.25, 0.3) is 0 Å². The van der Waals surface area contributed by atoms with E-state index < -0.39 is 0 Å². The third-order valence-electron chi connectivity index (χ3n) is 3.14. The lowest BCUT2D eigenvalue weighted by Crippen LogP contribution is -2.23. The van der Waals surface area contributed by atoms with E-state index in [2.05, 4.69) is 33.2 Å². The van der Waals surface area contributed by atoms with Crippen LogP contribution in [0, 0.1) is 5.82 Å². The predicted octanol–water partition coefficient (Wildman–Crippen LogP) is 4.40. The zero-order chi connectivity index (χ0) is 13.8. The Morgan fingerprint density at radius 3 is 2.42 bits per heavy atom. The molecule has 4 heteroatoms. The Kier molecular flexibility index (Phi) is 4.66. The number of aromatic nitrogens is 1. The summed E-state index contributed by atoms with van der Waals surface area (Å²) in [5.74, 6) is -0.198. The van der Waals surface area contributed by atoms with E-state index in [0.717, 1.165) is 10.0 Å². The summed E-state index contributed by atoms with van der Waals surface area (Å²) in [5.41, 5.74) is 1.81. The van der Waals surface area contributed by atoms with Crippen molar-refractivity contribution in [2.24, 2.45) is 0 Å². The first-order valence-corrected chi connectivity index (χ1v) is 6.98. The van der Waals surface area contributed by atoms with E-state index in [0.29, 0.717) is 5.56 Å². The minimum Gasteiger partial charge on any atom is -0.304 e. The van der Waals surface area contributed by atoms with Gasteiger partial charge in [-0.15, -0.1) is 0 Å². The Balaban J connectivity index is 2.10. The predicted molar refractivity (Wildman–Crippen MR) is 78.3 cm³/mol. The highest BCUT2D eigenvalue weighted by molar-refractivity contribution is 9.10. The van der Waals surface area contributed by atoms with E-state index in [1.165, 1.54) is 6.07 Å². The Morgan fingerprint density at radius 2 is 1.79 bits per heavy atom. The van der Waals surface area contributed by atoms with Gasteiger partial charge in [-0.25, -0.2) is 4.39 Å². The largest absolute Gasteiger partial charge is 0.304 e. The fraction of sp³-hybridized carbons (Fsp3) is 0.267. The molecule has 0 fully saturated rings. The topological polar surface area (TPSA) is 24.9 Å². The van der Waals surface area contributed by atoms with Crippen LogP contribution in [0.1, 0.15) is 37.1 Å². The molecule has 0 aliphatic carbocycles. The van der Waals surface area contributed by atoms with Gasteiger partial charge in [-0.1, -0.05) is 22.0 Å². The summed E-state index contributed by atoms with van der Waals surface area (Å²) in [6.07, 6.45) is 3.52. The molecule has 2 aromatic rings. The van der Waals surface area contributed by atoms with Gasteiger partial charge in [0.2, 0.25) is 0 Å². The molecule has 1 N–H and O–H groups in total. The van der Waals surface area contributed by atoms with Crippen LogP contribution in [0.4, 0.5) is 4.39 Å². The molecule has 0 amide bonds. The van der Waals surface area contributed by atoms with Crippen molar-refractivity contribution in [3.63, 3.8) is 0 Å². The molecule has 0 aliphatic heterocycles.